The van der Waals surface area contributed by atoms with Crippen LogP contribution in [0.2, 0.25) is 0 Å². The highest BCUT2D eigenvalue weighted by atomic mass is 32.2. The van der Waals surface area contributed by atoms with Crippen LogP contribution >= 0.6 is 11.8 Å². The molecular formula is C9H6F4OS. The lowest BCUT2D eigenvalue weighted by molar-refractivity contribution is -0.180. The van der Waals surface area contributed by atoms with E-state index >= 15 is 0 Å². The lowest BCUT2D eigenvalue weighted by Gasteiger charge is -2.10. The van der Waals surface area contributed by atoms with Crippen LogP contribution in [0.5, 0.6) is 0 Å². The number of benzene rings is 1. The Morgan fingerprint density at radius 3 is 2.20 bits per heavy atom. The normalized spacial score (nSPS) is 13.6. The van der Waals surface area contributed by atoms with Gasteiger partial charge in [-0.25, -0.2) is 4.39 Å². The maximum atomic E-state index is 12.5. The molecule has 0 aliphatic carbocycles. The Morgan fingerprint density at radius 1 is 1.20 bits per heavy atom. The fourth-order valence-corrected chi connectivity index (χ4v) is 1.55. The van der Waals surface area contributed by atoms with Crippen molar-refractivity contribution in [2.75, 3.05) is 0 Å². The minimum absolute atomic E-state index is 0.245. The van der Waals surface area contributed by atoms with E-state index < -0.39 is 17.5 Å². The molecular weight excluding hydrogens is 232 g/mol. The summed E-state index contributed by atoms with van der Waals surface area (Å²) >= 11 is 0.245. The van der Waals surface area contributed by atoms with E-state index in [1.807, 2.05) is 0 Å². The van der Waals surface area contributed by atoms with E-state index in [-0.39, 0.29) is 16.7 Å². The maximum Gasteiger partial charge on any atom is 0.427 e. The van der Waals surface area contributed by atoms with Gasteiger partial charge in [-0.2, -0.15) is 13.2 Å². The summed E-state index contributed by atoms with van der Waals surface area (Å²) in [4.78, 5) is 11.1. The Bertz CT molecular complexity index is 336. The average molecular weight is 238 g/mol. The summed E-state index contributed by atoms with van der Waals surface area (Å²) in [7, 11) is 0. The topological polar surface area (TPSA) is 17.1 Å². The average Bonchev–Trinajstić information content (AvgIpc) is 2.16. The first kappa shape index (κ1) is 12.0. The SMILES string of the molecule is O=C(Sc1ccccc1)C(F)C(F)(F)F. The lowest BCUT2D eigenvalue weighted by Crippen LogP contribution is -2.30. The van der Waals surface area contributed by atoms with Crippen molar-refractivity contribution in [1.29, 1.82) is 0 Å². The highest BCUT2D eigenvalue weighted by Crippen LogP contribution is 2.29. The third-order valence-corrected chi connectivity index (χ3v) is 2.37. The molecule has 82 valence electrons. The van der Waals surface area contributed by atoms with Crippen molar-refractivity contribution >= 4 is 16.9 Å². The molecule has 0 aliphatic rings. The van der Waals surface area contributed by atoms with Crippen LogP contribution in [-0.2, 0) is 4.79 Å². The summed E-state index contributed by atoms with van der Waals surface area (Å²) in [6.45, 7) is 0. The highest BCUT2D eigenvalue weighted by Gasteiger charge is 2.45. The van der Waals surface area contributed by atoms with E-state index in [4.69, 9.17) is 0 Å². The number of alkyl halides is 4. The lowest BCUT2D eigenvalue weighted by atomic mass is 10.4. The van der Waals surface area contributed by atoms with Crippen LogP contribution in [0.25, 0.3) is 0 Å². The van der Waals surface area contributed by atoms with Gasteiger partial charge in [0.2, 0.25) is 5.12 Å². The summed E-state index contributed by atoms with van der Waals surface area (Å²) in [6, 6.07) is 7.62. The molecule has 1 atom stereocenters. The Balaban J connectivity index is 2.65. The zero-order chi connectivity index (χ0) is 11.5. The largest absolute Gasteiger partial charge is 0.427 e. The van der Waals surface area contributed by atoms with Gasteiger partial charge in [0.05, 0.1) is 0 Å². The maximum absolute atomic E-state index is 12.5. The minimum Gasteiger partial charge on any atom is -0.283 e. The van der Waals surface area contributed by atoms with Crippen LogP contribution < -0.4 is 0 Å². The summed E-state index contributed by atoms with van der Waals surface area (Å²) < 4.78 is 47.9. The molecule has 0 amide bonds. The Hall–Kier alpha value is -1.04. The van der Waals surface area contributed by atoms with E-state index in [0.29, 0.717) is 0 Å². The number of hydrogen-bond acceptors (Lipinski definition) is 2. The fraction of sp³-hybridized carbons (Fsp3) is 0.222. The van der Waals surface area contributed by atoms with Gasteiger partial charge in [0.25, 0.3) is 6.17 Å². The molecule has 1 aromatic rings. The summed E-state index contributed by atoms with van der Waals surface area (Å²) in [5.74, 6) is 0. The van der Waals surface area contributed by atoms with Gasteiger partial charge in [-0.1, -0.05) is 18.2 Å². The molecule has 0 N–H and O–H groups in total. The van der Waals surface area contributed by atoms with Crippen molar-refractivity contribution in [3.63, 3.8) is 0 Å². The summed E-state index contributed by atoms with van der Waals surface area (Å²) in [5, 5.41) is -1.55. The first-order valence-corrected chi connectivity index (χ1v) is 4.70. The molecule has 0 spiro atoms. The molecule has 0 saturated heterocycles. The quantitative estimate of drug-likeness (QED) is 0.581. The highest BCUT2D eigenvalue weighted by molar-refractivity contribution is 8.13. The van der Waals surface area contributed by atoms with Gasteiger partial charge in [-0.15, -0.1) is 0 Å². The van der Waals surface area contributed by atoms with Crippen LogP contribution in [-0.4, -0.2) is 17.5 Å². The number of carbonyl (C=O) groups excluding carboxylic acids is 1. The van der Waals surface area contributed by atoms with Gasteiger partial charge in [0.15, 0.2) is 0 Å². The van der Waals surface area contributed by atoms with E-state index in [2.05, 4.69) is 0 Å². The monoisotopic (exact) mass is 238 g/mol. The van der Waals surface area contributed by atoms with E-state index in [1.54, 1.807) is 18.2 Å². The molecule has 0 heterocycles. The van der Waals surface area contributed by atoms with Gasteiger partial charge in [0.1, 0.15) is 0 Å². The molecule has 1 rings (SSSR count). The van der Waals surface area contributed by atoms with Crippen molar-refractivity contribution in [2.45, 2.75) is 17.2 Å². The molecule has 0 bridgehead atoms. The zero-order valence-corrected chi connectivity index (χ0v) is 8.11. The number of halogens is 4. The first-order chi connectivity index (χ1) is 6.91. The molecule has 1 unspecified atom stereocenters. The second-order valence-corrected chi connectivity index (χ2v) is 3.72. The van der Waals surface area contributed by atoms with Gasteiger partial charge >= 0.3 is 6.18 Å². The number of carbonyl (C=O) groups is 1. The van der Waals surface area contributed by atoms with Crippen molar-refractivity contribution < 1.29 is 22.4 Å². The summed E-state index contributed by atoms with van der Waals surface area (Å²) in [6.07, 6.45) is -8.55. The Labute approximate surface area is 87.5 Å². The predicted octanol–water partition coefficient (Wildman–Crippen LogP) is 3.21. The molecule has 0 radical (unpaired) electrons. The van der Waals surface area contributed by atoms with Gasteiger partial charge in [-0.3, -0.25) is 4.79 Å². The fourth-order valence-electron chi connectivity index (χ4n) is 0.790. The van der Waals surface area contributed by atoms with Crippen molar-refractivity contribution in [2.24, 2.45) is 0 Å². The molecule has 1 nitrogen and oxygen atoms in total. The summed E-state index contributed by atoms with van der Waals surface area (Å²) in [5.41, 5.74) is 0. The Morgan fingerprint density at radius 2 is 1.73 bits per heavy atom. The minimum atomic E-state index is -5.13. The molecule has 15 heavy (non-hydrogen) atoms. The zero-order valence-electron chi connectivity index (χ0n) is 7.29. The second kappa shape index (κ2) is 4.65. The number of hydrogen-bond donors (Lipinski definition) is 0. The first-order valence-electron chi connectivity index (χ1n) is 3.89. The molecule has 1 aromatic carbocycles. The third-order valence-electron chi connectivity index (χ3n) is 1.46. The molecule has 0 aromatic heterocycles. The van der Waals surface area contributed by atoms with E-state index in [0.717, 1.165) is 0 Å². The number of rotatable bonds is 2. The number of thioether (sulfide) groups is 1. The standard InChI is InChI=1S/C9H6F4OS/c10-7(9(11,12)13)8(14)15-6-4-2-1-3-5-6/h1-5,7H. The van der Waals surface area contributed by atoms with E-state index in [1.165, 1.54) is 12.1 Å². The molecule has 0 fully saturated rings. The Kier molecular flexibility index (Phi) is 3.73. The second-order valence-electron chi connectivity index (χ2n) is 2.64. The van der Waals surface area contributed by atoms with Crippen LogP contribution in [0.1, 0.15) is 0 Å². The van der Waals surface area contributed by atoms with Crippen molar-refractivity contribution in [1.82, 2.24) is 0 Å². The molecule has 0 aliphatic heterocycles. The van der Waals surface area contributed by atoms with Crippen molar-refractivity contribution in [3.05, 3.63) is 30.3 Å². The predicted molar refractivity (Wildman–Crippen MR) is 48.3 cm³/mol. The van der Waals surface area contributed by atoms with Crippen LogP contribution in [0.15, 0.2) is 35.2 Å². The third kappa shape index (κ3) is 3.54. The van der Waals surface area contributed by atoms with Crippen LogP contribution in [0.4, 0.5) is 17.6 Å². The van der Waals surface area contributed by atoms with Crippen molar-refractivity contribution in [3.8, 4) is 0 Å². The smallest absolute Gasteiger partial charge is 0.283 e. The van der Waals surface area contributed by atoms with Crippen LogP contribution in [0.3, 0.4) is 0 Å². The molecule has 0 saturated carbocycles. The van der Waals surface area contributed by atoms with Gasteiger partial charge in [-0.05, 0) is 23.9 Å². The van der Waals surface area contributed by atoms with E-state index in [9.17, 15) is 22.4 Å². The van der Waals surface area contributed by atoms with Gasteiger partial charge < -0.3 is 0 Å². The van der Waals surface area contributed by atoms with Gasteiger partial charge in [0, 0.05) is 4.90 Å². The van der Waals surface area contributed by atoms with Crippen LogP contribution in [0, 0.1) is 0 Å². The molecule has 6 heteroatoms.